The van der Waals surface area contributed by atoms with Gasteiger partial charge in [0, 0.05) is 6.20 Å². The first-order chi connectivity index (χ1) is 8.65. The van der Waals surface area contributed by atoms with E-state index in [0.29, 0.717) is 0 Å². The molecule has 0 saturated carbocycles. The number of thiol groups is 1. The van der Waals surface area contributed by atoms with Crippen LogP contribution in [0.3, 0.4) is 0 Å². The van der Waals surface area contributed by atoms with Crippen LogP contribution in [0.1, 0.15) is 17.3 Å². The zero-order valence-electron chi connectivity index (χ0n) is 9.50. The molecule has 0 aliphatic rings. The Hall–Kier alpha value is -1.89. The van der Waals surface area contributed by atoms with Crippen LogP contribution in [0.15, 0.2) is 29.6 Å². The van der Waals surface area contributed by atoms with Crippen molar-refractivity contribution in [3.8, 4) is 5.82 Å². The van der Waals surface area contributed by atoms with Crippen molar-refractivity contribution in [2.24, 2.45) is 0 Å². The third kappa shape index (κ3) is 2.21. The van der Waals surface area contributed by atoms with Crippen molar-refractivity contribution in [2.75, 3.05) is 6.61 Å². The lowest BCUT2D eigenvalue weighted by Crippen LogP contribution is -2.07. The summed E-state index contributed by atoms with van der Waals surface area (Å²) in [6.45, 7) is 1.94. The van der Waals surface area contributed by atoms with Crippen LogP contribution in [-0.4, -0.2) is 27.3 Å². The number of aromatic nitrogens is 3. The average molecular weight is 267 g/mol. The zero-order valence-corrected chi connectivity index (χ0v) is 10.4. The van der Waals surface area contributed by atoms with Crippen molar-refractivity contribution in [1.29, 1.82) is 0 Å². The lowest BCUT2D eigenvalue weighted by Gasteiger charge is -2.04. The summed E-state index contributed by atoms with van der Waals surface area (Å²) in [5.41, 5.74) is 0.172. The van der Waals surface area contributed by atoms with Gasteiger partial charge in [-0.15, -0.1) is 12.6 Å². The molecule has 0 radical (unpaired) electrons. The summed E-state index contributed by atoms with van der Waals surface area (Å²) < 4.78 is 19.5. The van der Waals surface area contributed by atoms with E-state index in [1.54, 1.807) is 6.92 Å². The fraction of sp³-hybridized carbons (Fsp3) is 0.182. The molecule has 94 valence electrons. The third-order valence-corrected chi connectivity index (χ3v) is 2.61. The van der Waals surface area contributed by atoms with Crippen molar-refractivity contribution in [2.45, 2.75) is 11.9 Å². The molecule has 0 aromatic carbocycles. The van der Waals surface area contributed by atoms with Gasteiger partial charge in [0.05, 0.1) is 12.8 Å². The van der Waals surface area contributed by atoms with Gasteiger partial charge in [-0.1, -0.05) is 0 Å². The maximum absolute atomic E-state index is 13.5. The van der Waals surface area contributed by atoms with E-state index >= 15 is 0 Å². The minimum absolute atomic E-state index is 0.0157. The first kappa shape index (κ1) is 12.6. The highest BCUT2D eigenvalue weighted by Crippen LogP contribution is 2.19. The summed E-state index contributed by atoms with van der Waals surface area (Å²) >= 11 is 4.15. The van der Waals surface area contributed by atoms with Gasteiger partial charge >= 0.3 is 5.97 Å². The monoisotopic (exact) mass is 267 g/mol. The topological polar surface area (TPSA) is 57.0 Å². The van der Waals surface area contributed by atoms with Gasteiger partial charge in [0.1, 0.15) is 10.6 Å². The maximum Gasteiger partial charge on any atom is 0.342 e. The molecule has 5 nitrogen and oxygen atoms in total. The quantitative estimate of drug-likeness (QED) is 0.681. The number of nitrogens with zero attached hydrogens (tertiary/aromatic N) is 3. The number of esters is 1. The third-order valence-electron chi connectivity index (χ3n) is 2.18. The predicted molar refractivity (Wildman–Crippen MR) is 64.5 cm³/mol. The molecular formula is C11H10FN3O2S. The Morgan fingerprint density at radius 1 is 1.61 bits per heavy atom. The lowest BCUT2D eigenvalue weighted by molar-refractivity contribution is 0.0522. The van der Waals surface area contributed by atoms with Crippen LogP contribution in [0.25, 0.3) is 5.82 Å². The second-order valence-corrected chi connectivity index (χ2v) is 3.75. The molecule has 0 fully saturated rings. The number of carbonyl (C=O) groups is 1. The minimum Gasteiger partial charge on any atom is -0.462 e. The van der Waals surface area contributed by atoms with Gasteiger partial charge in [0.25, 0.3) is 0 Å². The van der Waals surface area contributed by atoms with E-state index in [1.807, 2.05) is 0 Å². The number of carbonyl (C=O) groups excluding carboxylic acids is 1. The highest BCUT2D eigenvalue weighted by molar-refractivity contribution is 7.80. The molecule has 0 bridgehead atoms. The molecule has 0 atom stereocenters. The first-order valence-electron chi connectivity index (χ1n) is 5.20. The molecule has 0 aliphatic carbocycles. The summed E-state index contributed by atoms with van der Waals surface area (Å²) in [7, 11) is 0. The summed E-state index contributed by atoms with van der Waals surface area (Å²) in [6, 6.07) is 2.72. The number of hydrogen-bond donors (Lipinski definition) is 1. The zero-order chi connectivity index (χ0) is 13.1. The summed E-state index contributed by atoms with van der Waals surface area (Å²) in [5.74, 6) is -1.12. The molecule has 0 spiro atoms. The smallest absolute Gasteiger partial charge is 0.342 e. The van der Waals surface area contributed by atoms with Crippen LogP contribution in [0.4, 0.5) is 4.39 Å². The Kier molecular flexibility index (Phi) is 3.61. The Morgan fingerprint density at radius 2 is 2.39 bits per heavy atom. The van der Waals surface area contributed by atoms with Crippen molar-refractivity contribution in [3.05, 3.63) is 35.9 Å². The molecule has 0 amide bonds. The molecule has 2 aromatic heterocycles. The van der Waals surface area contributed by atoms with E-state index in [1.165, 1.54) is 24.5 Å². The van der Waals surface area contributed by atoms with Gasteiger partial charge in [-0.3, -0.25) is 0 Å². The van der Waals surface area contributed by atoms with Gasteiger partial charge in [-0.2, -0.15) is 5.10 Å². The molecule has 2 rings (SSSR count). The number of halogens is 1. The standard InChI is InChI=1S/C11H10FN3O2S/c1-2-17-11(16)7-6-14-15(10(7)18)9-8(12)4-3-5-13-9/h3-6,18H,2H2,1H3. The van der Waals surface area contributed by atoms with Crippen LogP contribution in [0.5, 0.6) is 0 Å². The van der Waals surface area contributed by atoms with Crippen molar-refractivity contribution < 1.29 is 13.9 Å². The SMILES string of the molecule is CCOC(=O)c1cnn(-c2ncccc2F)c1S. The number of rotatable bonds is 3. The second kappa shape index (κ2) is 5.18. The predicted octanol–water partition coefficient (Wildman–Crippen LogP) is 1.87. The normalized spacial score (nSPS) is 10.4. The van der Waals surface area contributed by atoms with E-state index < -0.39 is 11.8 Å². The van der Waals surface area contributed by atoms with Gasteiger partial charge in [-0.05, 0) is 19.1 Å². The Balaban J connectivity index is 2.43. The lowest BCUT2D eigenvalue weighted by atomic mass is 10.3. The highest BCUT2D eigenvalue weighted by atomic mass is 32.1. The summed E-state index contributed by atoms with van der Waals surface area (Å²) in [6.07, 6.45) is 2.70. The molecule has 0 N–H and O–H groups in total. The second-order valence-electron chi connectivity index (χ2n) is 3.32. The van der Waals surface area contributed by atoms with Crippen LogP contribution in [-0.2, 0) is 4.74 Å². The molecule has 7 heteroatoms. The van der Waals surface area contributed by atoms with Crippen LogP contribution in [0, 0.1) is 5.82 Å². The van der Waals surface area contributed by atoms with Crippen LogP contribution in [0.2, 0.25) is 0 Å². The molecule has 0 saturated heterocycles. The van der Waals surface area contributed by atoms with Crippen molar-refractivity contribution in [3.63, 3.8) is 0 Å². The van der Waals surface area contributed by atoms with Gasteiger partial charge in [-0.25, -0.2) is 18.9 Å². The van der Waals surface area contributed by atoms with Gasteiger partial charge in [0.2, 0.25) is 0 Å². The van der Waals surface area contributed by atoms with Crippen molar-refractivity contribution in [1.82, 2.24) is 14.8 Å². The van der Waals surface area contributed by atoms with Crippen molar-refractivity contribution >= 4 is 18.6 Å². The minimum atomic E-state index is -0.551. The number of ether oxygens (including phenoxy) is 1. The Bertz CT molecular complexity index is 585. The van der Waals surface area contributed by atoms with E-state index in [0.717, 1.165) is 4.68 Å². The van der Waals surface area contributed by atoms with E-state index in [9.17, 15) is 9.18 Å². The molecular weight excluding hydrogens is 257 g/mol. The van der Waals surface area contributed by atoms with E-state index in [4.69, 9.17) is 4.74 Å². The highest BCUT2D eigenvalue weighted by Gasteiger charge is 2.18. The average Bonchev–Trinajstić information content (AvgIpc) is 2.72. The van der Waals surface area contributed by atoms with E-state index in [-0.39, 0.29) is 23.0 Å². The maximum atomic E-state index is 13.5. The Labute approximate surface area is 108 Å². The summed E-state index contributed by atoms with van der Waals surface area (Å²) in [4.78, 5) is 15.4. The number of hydrogen-bond acceptors (Lipinski definition) is 5. The fourth-order valence-electron chi connectivity index (χ4n) is 1.38. The Morgan fingerprint density at radius 3 is 3.06 bits per heavy atom. The first-order valence-corrected chi connectivity index (χ1v) is 5.65. The molecule has 0 aliphatic heterocycles. The fourth-order valence-corrected chi connectivity index (χ4v) is 1.68. The molecule has 2 aromatic rings. The van der Waals surface area contributed by atoms with Gasteiger partial charge in [0.15, 0.2) is 11.6 Å². The van der Waals surface area contributed by atoms with E-state index in [2.05, 4.69) is 22.7 Å². The molecule has 18 heavy (non-hydrogen) atoms. The largest absolute Gasteiger partial charge is 0.462 e. The molecule has 0 unspecified atom stereocenters. The summed E-state index contributed by atoms with van der Waals surface area (Å²) in [5, 5.41) is 4.07. The van der Waals surface area contributed by atoms with Crippen LogP contribution >= 0.6 is 12.6 Å². The van der Waals surface area contributed by atoms with Gasteiger partial charge < -0.3 is 4.74 Å². The van der Waals surface area contributed by atoms with Crippen LogP contribution < -0.4 is 0 Å². The number of pyridine rings is 1. The molecule has 2 heterocycles.